The first kappa shape index (κ1) is 39.0. The molecule has 2 aliphatic heterocycles. The SMILES string of the molecule is [C-]#[N+]C([N+]#[C-])=C1Sc2c(OC(C)=O)c3c(c(OC(C)=O)c2S1)SC(=C(C#N)C(=O)OCC(C)C[Si](C)(O[Si](C)(C)C)O[Si](C)(C)C)S3. The van der Waals surface area contributed by atoms with Gasteiger partial charge in [0.15, 0.2) is 33.7 Å². The normalized spacial score (nSPS) is 14.6. The van der Waals surface area contributed by atoms with Crippen LogP contribution in [0.2, 0.25) is 51.9 Å². The molecule has 0 aliphatic carbocycles. The first-order chi connectivity index (χ1) is 21.7. The highest BCUT2D eigenvalue weighted by molar-refractivity contribution is 8.26. The van der Waals surface area contributed by atoms with E-state index >= 15 is 0 Å². The highest BCUT2D eigenvalue weighted by Gasteiger charge is 2.43. The van der Waals surface area contributed by atoms with E-state index in [1.54, 1.807) is 0 Å². The fourth-order valence-electron chi connectivity index (χ4n) is 4.74. The van der Waals surface area contributed by atoms with Gasteiger partial charge in [0, 0.05) is 13.8 Å². The molecular weight excluding hydrogens is 731 g/mol. The topological polar surface area (TPSA) is 130 Å². The van der Waals surface area contributed by atoms with Crippen LogP contribution in [-0.4, -0.2) is 49.7 Å². The second kappa shape index (κ2) is 15.4. The van der Waals surface area contributed by atoms with E-state index in [4.69, 9.17) is 35.6 Å². The monoisotopic (exact) mass is 765 g/mol. The van der Waals surface area contributed by atoms with Crippen LogP contribution in [0.3, 0.4) is 0 Å². The molecule has 1 aromatic carbocycles. The van der Waals surface area contributed by atoms with Crippen LogP contribution in [0.4, 0.5) is 0 Å². The van der Waals surface area contributed by atoms with Crippen LogP contribution in [0.25, 0.3) is 9.69 Å². The molecule has 0 radical (unpaired) electrons. The minimum absolute atomic E-state index is 0.0464. The molecule has 0 saturated carbocycles. The van der Waals surface area contributed by atoms with E-state index in [-0.39, 0.29) is 39.7 Å². The summed E-state index contributed by atoms with van der Waals surface area (Å²) >= 11 is 4.14. The number of hydrogen-bond acceptors (Lipinski definition) is 13. The number of ether oxygens (including phenoxy) is 3. The van der Waals surface area contributed by atoms with Crippen LogP contribution in [0.15, 0.2) is 39.5 Å². The molecule has 0 saturated heterocycles. The van der Waals surface area contributed by atoms with Crippen molar-refractivity contribution in [2.24, 2.45) is 5.92 Å². The number of fused-ring (bicyclic) bond motifs is 2. The van der Waals surface area contributed by atoms with Crippen LogP contribution >= 0.6 is 47.0 Å². The maximum atomic E-state index is 13.3. The Morgan fingerprint density at radius 3 is 1.53 bits per heavy atom. The molecule has 1 atom stereocenters. The van der Waals surface area contributed by atoms with E-state index in [1.165, 1.54) is 13.8 Å². The van der Waals surface area contributed by atoms with Crippen LogP contribution in [-0.2, 0) is 27.4 Å². The van der Waals surface area contributed by atoms with Crippen molar-refractivity contribution in [3.8, 4) is 17.6 Å². The third-order valence-electron chi connectivity index (χ3n) is 5.68. The summed E-state index contributed by atoms with van der Waals surface area (Å²) in [6.45, 7) is 34.0. The minimum atomic E-state index is -2.60. The van der Waals surface area contributed by atoms with E-state index in [9.17, 15) is 19.6 Å². The zero-order chi connectivity index (χ0) is 35.5. The summed E-state index contributed by atoms with van der Waals surface area (Å²) in [5.41, 5.74) is -0.244. The standard InChI is InChI=1S/C29H35N3O8S4Si3/c1-16(15-47(12,39-45(6,7)8)40-46(9,10)11)14-36-27(35)19(13-30)28-41-22-20(37-17(2)33)24-25(21(23(22)42-28)38-18(3)34)44-29(43-24)26(31-4)32-5/h16H,14-15H2,1-3,6-12H3. The third kappa shape index (κ3) is 10.3. The van der Waals surface area contributed by atoms with Crippen molar-refractivity contribution in [3.05, 3.63) is 42.7 Å². The van der Waals surface area contributed by atoms with Crippen LogP contribution < -0.4 is 9.47 Å². The van der Waals surface area contributed by atoms with E-state index in [0.717, 1.165) is 47.0 Å². The average molecular weight is 766 g/mol. The Morgan fingerprint density at radius 1 is 0.787 bits per heavy atom. The van der Waals surface area contributed by atoms with E-state index in [2.05, 4.69) is 55.5 Å². The Hall–Kier alpha value is -2.45. The van der Waals surface area contributed by atoms with Gasteiger partial charge in [-0.25, -0.2) is 4.79 Å². The fourth-order valence-corrected chi connectivity index (χ4v) is 22.9. The van der Waals surface area contributed by atoms with Crippen molar-refractivity contribution in [2.75, 3.05) is 6.61 Å². The van der Waals surface area contributed by atoms with E-state index in [0.29, 0.717) is 29.9 Å². The molecule has 0 spiro atoms. The molecule has 0 amide bonds. The molecule has 0 aromatic heterocycles. The summed E-state index contributed by atoms with van der Waals surface area (Å²) in [4.78, 5) is 45.8. The maximum Gasteiger partial charge on any atom is 0.540 e. The second-order valence-electron chi connectivity index (χ2n) is 12.6. The van der Waals surface area contributed by atoms with Gasteiger partial charge < -0.3 is 22.4 Å². The Morgan fingerprint density at radius 2 is 1.19 bits per heavy atom. The van der Waals surface area contributed by atoms with Crippen molar-refractivity contribution in [1.82, 2.24) is 0 Å². The molecule has 250 valence electrons. The summed E-state index contributed by atoms with van der Waals surface area (Å²) in [5.74, 6) is -2.09. The smallest absolute Gasteiger partial charge is 0.461 e. The van der Waals surface area contributed by atoms with Gasteiger partial charge in [-0.3, -0.25) is 9.59 Å². The third-order valence-corrected chi connectivity index (χ3v) is 20.6. The van der Waals surface area contributed by atoms with Crippen molar-refractivity contribution in [2.45, 2.75) is 92.2 Å². The molecule has 2 aliphatic rings. The number of hydrogen-bond donors (Lipinski definition) is 0. The van der Waals surface area contributed by atoms with Gasteiger partial charge in [0.25, 0.3) is 0 Å². The molecule has 1 unspecified atom stereocenters. The number of carbonyl (C=O) groups is 3. The van der Waals surface area contributed by atoms with Gasteiger partial charge in [-0.1, -0.05) is 54.0 Å². The molecular formula is C29H35N3O8S4Si3. The number of nitrogens with zero attached hydrogens (tertiary/aromatic N) is 3. The first-order valence-corrected chi connectivity index (χ1v) is 26.8. The van der Waals surface area contributed by atoms with E-state index < -0.39 is 43.1 Å². The first-order valence-electron chi connectivity index (χ1n) is 14.2. The highest BCUT2D eigenvalue weighted by Crippen LogP contribution is 2.68. The lowest BCUT2D eigenvalue weighted by Crippen LogP contribution is -2.53. The van der Waals surface area contributed by atoms with Gasteiger partial charge >= 0.3 is 32.3 Å². The van der Waals surface area contributed by atoms with Gasteiger partial charge in [0.2, 0.25) is 0 Å². The van der Waals surface area contributed by atoms with Crippen molar-refractivity contribution >= 4 is 90.2 Å². The molecule has 0 N–H and O–H groups in total. The van der Waals surface area contributed by atoms with Gasteiger partial charge in [-0.2, -0.15) is 15.0 Å². The van der Waals surface area contributed by atoms with Crippen molar-refractivity contribution in [1.29, 1.82) is 5.26 Å². The predicted molar refractivity (Wildman–Crippen MR) is 191 cm³/mol. The summed E-state index contributed by atoms with van der Waals surface area (Å²) < 4.78 is 30.7. The molecule has 2 heterocycles. The highest BCUT2D eigenvalue weighted by atomic mass is 32.2. The molecule has 18 heteroatoms. The Kier molecular flexibility index (Phi) is 12.8. The molecule has 1 aromatic rings. The Bertz CT molecular complexity index is 1610. The molecule has 11 nitrogen and oxygen atoms in total. The number of carbonyl (C=O) groups excluding carboxylic acids is 3. The average Bonchev–Trinajstić information content (AvgIpc) is 3.53. The zero-order valence-corrected chi connectivity index (χ0v) is 34.0. The summed E-state index contributed by atoms with van der Waals surface area (Å²) in [5, 5.41) is 10.1. The number of esters is 3. The summed E-state index contributed by atoms with van der Waals surface area (Å²) in [6, 6.07) is 2.57. The van der Waals surface area contributed by atoms with Crippen LogP contribution in [0.1, 0.15) is 20.8 Å². The van der Waals surface area contributed by atoms with Gasteiger partial charge in [0.1, 0.15) is 23.5 Å². The van der Waals surface area contributed by atoms with Crippen molar-refractivity contribution in [3.63, 3.8) is 0 Å². The lowest BCUT2D eigenvalue weighted by Gasteiger charge is -2.39. The number of benzene rings is 1. The Labute approximate surface area is 295 Å². The molecule has 0 bridgehead atoms. The largest absolute Gasteiger partial charge is 0.540 e. The maximum absolute atomic E-state index is 13.3. The number of rotatable bonds is 11. The fraction of sp³-hybridized carbons (Fsp3) is 0.448. The summed E-state index contributed by atoms with van der Waals surface area (Å²) in [7, 11) is -6.45. The predicted octanol–water partition coefficient (Wildman–Crippen LogP) is 8.59. The van der Waals surface area contributed by atoms with Gasteiger partial charge in [-0.05, 0) is 57.8 Å². The molecule has 3 rings (SSSR count). The lowest BCUT2D eigenvalue weighted by atomic mass is 10.2. The molecule has 47 heavy (non-hydrogen) atoms. The zero-order valence-electron chi connectivity index (χ0n) is 27.7. The van der Waals surface area contributed by atoms with Crippen LogP contribution in [0, 0.1) is 30.4 Å². The number of thioether (sulfide) groups is 4. The quantitative estimate of drug-likeness (QED) is 0.0533. The van der Waals surface area contributed by atoms with Gasteiger partial charge in [0.05, 0.1) is 30.4 Å². The lowest BCUT2D eigenvalue weighted by molar-refractivity contribution is -0.139. The Balaban J connectivity index is 1.96. The van der Waals surface area contributed by atoms with E-state index in [1.807, 2.05) is 13.0 Å². The minimum Gasteiger partial charge on any atom is -0.461 e. The van der Waals surface area contributed by atoms with Crippen LogP contribution in [0.5, 0.6) is 11.5 Å². The van der Waals surface area contributed by atoms with Gasteiger partial charge in [-0.15, -0.1) is 0 Å². The molecule has 0 fully saturated rings. The number of nitriles is 1. The van der Waals surface area contributed by atoms with Crippen molar-refractivity contribution < 1.29 is 36.8 Å². The second-order valence-corrected chi connectivity index (χ2v) is 30.0. The summed E-state index contributed by atoms with van der Waals surface area (Å²) in [6.07, 6.45) is 0.